The third kappa shape index (κ3) is 5.23. The predicted octanol–water partition coefficient (Wildman–Crippen LogP) is 3.31. The average Bonchev–Trinajstić information content (AvgIpc) is 2.61. The van der Waals surface area contributed by atoms with Gasteiger partial charge in [0.2, 0.25) is 15.9 Å². The van der Waals surface area contributed by atoms with Crippen LogP contribution in [0.25, 0.3) is 0 Å². The quantitative estimate of drug-likeness (QED) is 0.759. The molecule has 28 heavy (non-hydrogen) atoms. The first-order valence-corrected chi connectivity index (χ1v) is 9.59. The second-order valence-electron chi connectivity index (χ2n) is 6.24. The highest BCUT2D eigenvalue weighted by molar-refractivity contribution is 7.89. The highest BCUT2D eigenvalue weighted by Gasteiger charge is 2.29. The van der Waals surface area contributed by atoms with Crippen LogP contribution >= 0.6 is 0 Å². The number of benzene rings is 2. The first-order chi connectivity index (χ1) is 12.9. The van der Waals surface area contributed by atoms with Gasteiger partial charge < -0.3 is 10.6 Å². The van der Waals surface area contributed by atoms with Crippen LogP contribution in [0.4, 0.5) is 24.5 Å². The number of nitrogens with zero attached hydrogens (tertiary/aromatic N) is 1. The van der Waals surface area contributed by atoms with Crippen LogP contribution in [-0.4, -0.2) is 39.3 Å². The highest BCUT2D eigenvalue weighted by Crippen LogP contribution is 2.29. The van der Waals surface area contributed by atoms with Crippen LogP contribution in [0.5, 0.6) is 0 Å². The maximum absolute atomic E-state index is 12.5. The maximum Gasteiger partial charge on any atom is 0.416 e. The molecule has 0 aliphatic rings. The van der Waals surface area contributed by atoms with Crippen molar-refractivity contribution in [2.45, 2.75) is 18.0 Å². The fourth-order valence-electron chi connectivity index (χ4n) is 2.32. The third-order valence-corrected chi connectivity index (χ3v) is 5.85. The molecule has 10 heteroatoms. The molecule has 2 aromatic rings. The minimum absolute atomic E-state index is 0.0750. The smallest absolute Gasteiger partial charge is 0.376 e. The van der Waals surface area contributed by atoms with Gasteiger partial charge in [-0.3, -0.25) is 4.79 Å². The number of halogens is 3. The molecule has 0 unspecified atom stereocenters. The van der Waals surface area contributed by atoms with Crippen LogP contribution in [0.3, 0.4) is 0 Å². The number of amides is 1. The Bertz CT molecular complexity index is 956. The van der Waals surface area contributed by atoms with E-state index in [4.69, 9.17) is 0 Å². The number of hydrogen-bond donors (Lipinski definition) is 2. The van der Waals surface area contributed by atoms with Gasteiger partial charge in [0.15, 0.2) is 0 Å². The van der Waals surface area contributed by atoms with Gasteiger partial charge in [0, 0.05) is 25.5 Å². The predicted molar refractivity (Wildman–Crippen MR) is 101 cm³/mol. The number of sulfonamides is 1. The summed E-state index contributed by atoms with van der Waals surface area (Å²) in [4.78, 5) is 12.2. The summed E-state index contributed by atoms with van der Waals surface area (Å²) >= 11 is 0. The second-order valence-corrected chi connectivity index (χ2v) is 8.36. The van der Waals surface area contributed by atoms with Crippen LogP contribution in [-0.2, 0) is 21.0 Å². The molecular formula is C18H20F3N3O3S. The minimum Gasteiger partial charge on any atom is -0.376 e. The first-order valence-electron chi connectivity index (χ1n) is 8.15. The summed E-state index contributed by atoms with van der Waals surface area (Å²) in [5.74, 6) is -0.475. The van der Waals surface area contributed by atoms with Crippen molar-refractivity contribution in [2.24, 2.45) is 0 Å². The van der Waals surface area contributed by atoms with Gasteiger partial charge in [0.25, 0.3) is 0 Å². The lowest BCUT2D eigenvalue weighted by Crippen LogP contribution is -2.24. The Hall–Kier alpha value is -2.59. The number of hydrogen-bond acceptors (Lipinski definition) is 4. The molecule has 0 bridgehead atoms. The molecule has 0 heterocycles. The number of nitrogens with one attached hydrogen (secondary N) is 2. The van der Waals surface area contributed by atoms with E-state index in [2.05, 4.69) is 10.6 Å². The fourth-order valence-corrected chi connectivity index (χ4v) is 3.46. The molecule has 0 fully saturated rings. The highest BCUT2D eigenvalue weighted by atomic mass is 32.2. The second kappa shape index (κ2) is 8.19. The van der Waals surface area contributed by atoms with Gasteiger partial charge in [-0.2, -0.15) is 13.2 Å². The van der Waals surface area contributed by atoms with Gasteiger partial charge in [0.1, 0.15) is 0 Å². The fraction of sp³-hybridized carbons (Fsp3) is 0.278. The Kier molecular flexibility index (Phi) is 6.35. The molecule has 0 saturated carbocycles. The van der Waals surface area contributed by atoms with E-state index in [0.717, 1.165) is 16.4 Å². The Balaban J connectivity index is 2.04. The van der Waals surface area contributed by atoms with Crippen molar-refractivity contribution in [1.29, 1.82) is 0 Å². The summed E-state index contributed by atoms with van der Waals surface area (Å²) in [5, 5.41) is 5.27. The monoisotopic (exact) mass is 415 g/mol. The van der Waals surface area contributed by atoms with Gasteiger partial charge in [-0.25, -0.2) is 12.7 Å². The molecule has 6 nitrogen and oxygen atoms in total. The van der Waals surface area contributed by atoms with Crippen molar-refractivity contribution in [3.63, 3.8) is 0 Å². The molecule has 0 saturated heterocycles. The van der Waals surface area contributed by atoms with Gasteiger partial charge in [0.05, 0.1) is 17.0 Å². The molecule has 2 aromatic carbocycles. The van der Waals surface area contributed by atoms with Crippen molar-refractivity contribution >= 4 is 27.3 Å². The molecule has 0 atom stereocenters. The van der Waals surface area contributed by atoms with Crippen LogP contribution in [0.2, 0.25) is 0 Å². The van der Waals surface area contributed by atoms with Gasteiger partial charge >= 0.3 is 6.18 Å². The zero-order chi connectivity index (χ0) is 21.1. The van der Waals surface area contributed by atoms with E-state index < -0.39 is 27.7 Å². The summed E-state index contributed by atoms with van der Waals surface area (Å²) in [7, 11) is -0.841. The lowest BCUT2D eigenvalue weighted by Gasteiger charge is -2.15. The van der Waals surface area contributed by atoms with Crippen molar-refractivity contribution < 1.29 is 26.4 Å². The van der Waals surface area contributed by atoms with Crippen LogP contribution in [0, 0.1) is 6.92 Å². The average molecular weight is 415 g/mol. The Morgan fingerprint density at radius 2 is 1.61 bits per heavy atom. The van der Waals surface area contributed by atoms with Crippen LogP contribution in [0.1, 0.15) is 11.1 Å². The van der Waals surface area contributed by atoms with E-state index in [1.165, 1.54) is 32.3 Å². The molecule has 2 N–H and O–H groups in total. The largest absolute Gasteiger partial charge is 0.416 e. The summed E-state index contributed by atoms with van der Waals surface area (Å²) in [6.45, 7) is 1.45. The molecule has 2 rings (SSSR count). The molecule has 1 amide bonds. The molecule has 0 aliphatic heterocycles. The number of anilines is 2. The van der Waals surface area contributed by atoms with E-state index in [-0.39, 0.29) is 11.4 Å². The molecule has 0 radical (unpaired) electrons. The van der Waals surface area contributed by atoms with Crippen molar-refractivity contribution in [2.75, 3.05) is 31.3 Å². The third-order valence-electron chi connectivity index (χ3n) is 3.90. The van der Waals surface area contributed by atoms with Crippen LogP contribution < -0.4 is 10.6 Å². The molecule has 0 aromatic heterocycles. The number of aryl methyl sites for hydroxylation is 1. The van der Waals surface area contributed by atoms with E-state index in [1.54, 1.807) is 19.1 Å². The standard InChI is InChI=1S/C18H20F3N3O3S/c1-12-4-7-15(10-16(12)28(26,27)24(2)3)23-17(25)11-22-14-8-5-13(6-9-14)18(19,20)21/h4-10,22H,11H2,1-3H3,(H,23,25). The Morgan fingerprint density at radius 1 is 1.04 bits per heavy atom. The molecular weight excluding hydrogens is 395 g/mol. The van der Waals surface area contributed by atoms with Crippen LogP contribution in [0.15, 0.2) is 47.4 Å². The summed E-state index contributed by atoms with van der Waals surface area (Å²) in [5.41, 5.74) is 0.402. The lowest BCUT2D eigenvalue weighted by atomic mass is 10.2. The van der Waals surface area contributed by atoms with E-state index in [1.807, 2.05) is 0 Å². The SMILES string of the molecule is Cc1ccc(NC(=O)CNc2ccc(C(F)(F)F)cc2)cc1S(=O)(=O)N(C)C. The van der Waals surface area contributed by atoms with E-state index in [0.29, 0.717) is 16.9 Å². The maximum atomic E-state index is 12.5. The summed E-state index contributed by atoms with van der Waals surface area (Å²) < 4.78 is 63.3. The Morgan fingerprint density at radius 3 is 2.14 bits per heavy atom. The molecule has 0 aliphatic carbocycles. The minimum atomic E-state index is -4.42. The van der Waals surface area contributed by atoms with E-state index >= 15 is 0 Å². The zero-order valence-corrected chi connectivity index (χ0v) is 16.3. The number of alkyl halides is 3. The number of carbonyl (C=O) groups excluding carboxylic acids is 1. The van der Waals surface area contributed by atoms with Gasteiger partial charge in [-0.05, 0) is 48.9 Å². The molecule has 152 valence electrons. The van der Waals surface area contributed by atoms with E-state index in [9.17, 15) is 26.4 Å². The first kappa shape index (κ1) is 21.7. The normalized spacial score (nSPS) is 12.1. The van der Waals surface area contributed by atoms with Crippen molar-refractivity contribution in [3.8, 4) is 0 Å². The summed E-state index contributed by atoms with van der Waals surface area (Å²) in [6.07, 6.45) is -4.42. The molecule has 0 spiro atoms. The number of carbonyl (C=O) groups is 1. The topological polar surface area (TPSA) is 78.5 Å². The van der Waals surface area contributed by atoms with Gasteiger partial charge in [-0.15, -0.1) is 0 Å². The summed E-state index contributed by atoms with van der Waals surface area (Å²) in [6, 6.07) is 8.79. The Labute approximate surface area is 161 Å². The van der Waals surface area contributed by atoms with Crippen molar-refractivity contribution in [1.82, 2.24) is 4.31 Å². The zero-order valence-electron chi connectivity index (χ0n) is 15.5. The number of rotatable bonds is 6. The lowest BCUT2D eigenvalue weighted by molar-refractivity contribution is -0.137. The van der Waals surface area contributed by atoms with Crippen molar-refractivity contribution in [3.05, 3.63) is 53.6 Å². The van der Waals surface area contributed by atoms with Gasteiger partial charge in [-0.1, -0.05) is 6.07 Å².